The largest absolute Gasteiger partial charge is 0.462 e. The molecule has 0 fully saturated rings. The van der Waals surface area contributed by atoms with Crippen LogP contribution >= 0.6 is 0 Å². The minimum absolute atomic E-state index is 0.133. The molecular weight excluding hydrogens is 901 g/mol. The van der Waals surface area contributed by atoms with Crippen LogP contribution < -0.4 is 0 Å². The Morgan fingerprint density at radius 3 is 0.959 bits per heavy atom. The minimum atomic E-state index is -0.837. The lowest BCUT2D eigenvalue weighted by molar-refractivity contribution is -0.166. The summed E-state index contributed by atoms with van der Waals surface area (Å²) in [6.45, 7) is 6.28. The van der Waals surface area contributed by atoms with E-state index in [1.807, 2.05) is 12.2 Å². The van der Waals surface area contributed by atoms with Gasteiger partial charge in [-0.15, -0.1) is 0 Å². The number of unbranched alkanes of at least 4 members (excludes halogenated alkanes) is 13. The Morgan fingerprint density at radius 2 is 0.562 bits per heavy atom. The van der Waals surface area contributed by atoms with Crippen LogP contribution in [0.1, 0.15) is 226 Å². The van der Waals surface area contributed by atoms with Gasteiger partial charge in [0, 0.05) is 19.3 Å². The third kappa shape index (κ3) is 57.8. The van der Waals surface area contributed by atoms with Crippen LogP contribution in [-0.2, 0) is 28.6 Å². The lowest BCUT2D eigenvalue weighted by Crippen LogP contribution is -2.30. The predicted molar refractivity (Wildman–Crippen MR) is 315 cm³/mol. The number of ether oxygens (including phenoxy) is 3. The van der Waals surface area contributed by atoms with Crippen LogP contribution in [-0.4, -0.2) is 37.2 Å². The summed E-state index contributed by atoms with van der Waals surface area (Å²) in [5, 5.41) is 0. The van der Waals surface area contributed by atoms with E-state index in [1.165, 1.54) is 51.4 Å². The number of hydrogen-bond donors (Lipinski definition) is 0. The van der Waals surface area contributed by atoms with Crippen LogP contribution in [0.4, 0.5) is 0 Å². The van der Waals surface area contributed by atoms with Gasteiger partial charge in [0.1, 0.15) is 13.2 Å². The number of carbonyl (C=O) groups excluding carboxylic acids is 3. The highest BCUT2D eigenvalue weighted by atomic mass is 16.6. The molecule has 0 aliphatic rings. The first-order chi connectivity index (χ1) is 36.0. The van der Waals surface area contributed by atoms with Crippen molar-refractivity contribution in [2.45, 2.75) is 232 Å². The highest BCUT2D eigenvalue weighted by molar-refractivity contribution is 5.71. The van der Waals surface area contributed by atoms with Crippen LogP contribution in [0, 0.1) is 0 Å². The molecule has 0 N–H and O–H groups in total. The van der Waals surface area contributed by atoms with Gasteiger partial charge in [0.15, 0.2) is 6.10 Å². The minimum Gasteiger partial charge on any atom is -0.462 e. The summed E-state index contributed by atoms with van der Waals surface area (Å²) in [7, 11) is 0. The molecule has 0 saturated carbocycles. The molecule has 1 atom stereocenters. The maximum absolute atomic E-state index is 12.8. The van der Waals surface area contributed by atoms with Crippen molar-refractivity contribution in [2.75, 3.05) is 13.2 Å². The molecule has 0 aromatic rings. The zero-order valence-electron chi connectivity index (χ0n) is 46.6. The van der Waals surface area contributed by atoms with Gasteiger partial charge < -0.3 is 14.2 Å². The van der Waals surface area contributed by atoms with Crippen molar-refractivity contribution in [1.29, 1.82) is 0 Å². The third-order valence-corrected chi connectivity index (χ3v) is 11.5. The Balaban J connectivity index is 4.51. The summed E-state index contributed by atoms with van der Waals surface area (Å²) in [6, 6.07) is 0. The molecule has 0 bridgehead atoms. The summed E-state index contributed by atoms with van der Waals surface area (Å²) in [5.41, 5.74) is 0. The molecule has 0 saturated heterocycles. The number of rotatable bonds is 50. The van der Waals surface area contributed by atoms with Crippen LogP contribution in [0.5, 0.6) is 0 Å². The Bertz CT molecular complexity index is 1670. The highest BCUT2D eigenvalue weighted by Crippen LogP contribution is 2.12. The first kappa shape index (κ1) is 68.0. The molecule has 73 heavy (non-hydrogen) atoms. The van der Waals surface area contributed by atoms with Gasteiger partial charge >= 0.3 is 17.9 Å². The summed E-state index contributed by atoms with van der Waals surface area (Å²) in [6.07, 6.45) is 86.8. The van der Waals surface area contributed by atoms with Gasteiger partial charge in [-0.1, -0.05) is 230 Å². The first-order valence-electron chi connectivity index (χ1n) is 29.0. The Kier molecular flexibility index (Phi) is 55.5. The van der Waals surface area contributed by atoms with E-state index in [4.69, 9.17) is 14.2 Å². The lowest BCUT2D eigenvalue weighted by atomic mass is 10.1. The Morgan fingerprint density at radius 1 is 0.288 bits per heavy atom. The quantitative estimate of drug-likeness (QED) is 0.0261. The molecular formula is C67H104O6. The van der Waals surface area contributed by atoms with Gasteiger partial charge in [0.2, 0.25) is 0 Å². The van der Waals surface area contributed by atoms with E-state index in [0.29, 0.717) is 12.8 Å². The van der Waals surface area contributed by atoms with Crippen LogP contribution in [0.3, 0.4) is 0 Å². The molecule has 0 aromatic heterocycles. The zero-order chi connectivity index (χ0) is 52.9. The summed E-state index contributed by atoms with van der Waals surface area (Å²) in [4.78, 5) is 38.1. The smallest absolute Gasteiger partial charge is 0.306 e. The summed E-state index contributed by atoms with van der Waals surface area (Å²) in [5.74, 6) is -1.07. The van der Waals surface area contributed by atoms with Gasteiger partial charge in [-0.25, -0.2) is 0 Å². The molecule has 6 nitrogen and oxygen atoms in total. The van der Waals surface area contributed by atoms with Crippen molar-refractivity contribution in [3.8, 4) is 0 Å². The monoisotopic (exact) mass is 1000 g/mol. The fourth-order valence-electron chi connectivity index (χ4n) is 7.23. The van der Waals surface area contributed by atoms with E-state index < -0.39 is 6.10 Å². The Labute approximate surface area is 448 Å². The van der Waals surface area contributed by atoms with E-state index >= 15 is 0 Å². The van der Waals surface area contributed by atoms with E-state index in [0.717, 1.165) is 122 Å². The molecule has 0 aliphatic heterocycles. The van der Waals surface area contributed by atoms with Crippen LogP contribution in [0.2, 0.25) is 0 Å². The predicted octanol–water partition coefficient (Wildman–Crippen LogP) is 19.8. The SMILES string of the molecule is CC/C=C\C/C=C\C/C=C\C/C=C\C/C=C\C/C=C\C/C=C\C/C=C\CCCCC(=O)OCC(COC(=O)CC/C=C\C/C=C\C/C=C\C/C=C\CC)OC(=O)CCCCCCC/C=C\CCCCCCCC. The van der Waals surface area contributed by atoms with E-state index in [2.05, 4.69) is 167 Å². The molecule has 0 amide bonds. The van der Waals surface area contributed by atoms with Gasteiger partial charge in [-0.2, -0.15) is 0 Å². The third-order valence-electron chi connectivity index (χ3n) is 11.5. The van der Waals surface area contributed by atoms with E-state index in [-0.39, 0.29) is 50.4 Å². The van der Waals surface area contributed by atoms with Gasteiger partial charge in [-0.05, 0) is 135 Å². The molecule has 0 rings (SSSR count). The van der Waals surface area contributed by atoms with Crippen molar-refractivity contribution in [1.82, 2.24) is 0 Å². The highest BCUT2D eigenvalue weighted by Gasteiger charge is 2.19. The van der Waals surface area contributed by atoms with Gasteiger partial charge in [-0.3, -0.25) is 14.4 Å². The van der Waals surface area contributed by atoms with Crippen molar-refractivity contribution in [3.05, 3.63) is 158 Å². The van der Waals surface area contributed by atoms with Gasteiger partial charge in [0.25, 0.3) is 0 Å². The zero-order valence-corrected chi connectivity index (χ0v) is 46.6. The first-order valence-corrected chi connectivity index (χ1v) is 29.0. The van der Waals surface area contributed by atoms with E-state index in [1.54, 1.807) is 0 Å². The normalized spacial score (nSPS) is 13.3. The fourth-order valence-corrected chi connectivity index (χ4v) is 7.23. The molecule has 408 valence electrons. The topological polar surface area (TPSA) is 78.9 Å². The average molecular weight is 1010 g/mol. The maximum Gasteiger partial charge on any atom is 0.306 e. The summed E-state index contributed by atoms with van der Waals surface area (Å²) < 4.78 is 16.7. The molecule has 1 unspecified atom stereocenters. The molecule has 6 heteroatoms. The van der Waals surface area contributed by atoms with E-state index in [9.17, 15) is 14.4 Å². The number of esters is 3. The van der Waals surface area contributed by atoms with Crippen LogP contribution in [0.25, 0.3) is 0 Å². The fraction of sp³-hybridized carbons (Fsp3) is 0.567. The second kappa shape index (κ2) is 59.6. The Hall–Kier alpha value is -4.97. The standard InChI is InChI=1S/C67H104O6/c1-4-7-10-13-16-19-22-25-27-28-29-30-31-32-33-34-35-36-37-38-40-42-45-48-51-54-57-60-66(69)72-63-64(62-71-65(68)59-56-53-50-47-44-41-24-21-18-15-12-9-6-3)73-67(70)61-58-55-52-49-46-43-39-26-23-20-17-14-11-8-5-2/h7,9-10,12,16,18-19,21,25-27,29-30,32-33,35-36,38-41,44-45,48,50,53,64H,4-6,8,11,13-15,17,20,22-24,28,31,34,37,42-43,46-47,49,51-52,54-63H2,1-3H3/b10-7-,12-9-,19-16-,21-18-,27-25-,30-29-,33-32-,36-35-,39-26-,40-38-,44-41-,48-45-,53-50-. The number of hydrogen-bond acceptors (Lipinski definition) is 6. The molecule has 0 heterocycles. The van der Waals surface area contributed by atoms with Gasteiger partial charge in [0.05, 0.1) is 0 Å². The summed E-state index contributed by atoms with van der Waals surface area (Å²) >= 11 is 0. The van der Waals surface area contributed by atoms with Crippen molar-refractivity contribution >= 4 is 17.9 Å². The second-order valence-electron chi connectivity index (χ2n) is 18.4. The van der Waals surface area contributed by atoms with Crippen molar-refractivity contribution < 1.29 is 28.6 Å². The maximum atomic E-state index is 12.8. The molecule has 0 radical (unpaired) electrons. The molecule has 0 aliphatic carbocycles. The average Bonchev–Trinajstić information content (AvgIpc) is 3.39. The molecule has 0 aromatic carbocycles. The lowest BCUT2D eigenvalue weighted by Gasteiger charge is -2.18. The van der Waals surface area contributed by atoms with Crippen molar-refractivity contribution in [3.63, 3.8) is 0 Å². The van der Waals surface area contributed by atoms with Crippen molar-refractivity contribution in [2.24, 2.45) is 0 Å². The second-order valence-corrected chi connectivity index (χ2v) is 18.4. The number of carbonyl (C=O) groups is 3. The van der Waals surface area contributed by atoms with Crippen LogP contribution in [0.15, 0.2) is 158 Å². The number of allylic oxidation sites excluding steroid dienone is 26. The molecule has 0 spiro atoms.